The highest BCUT2D eigenvalue weighted by atomic mass is 19.1. The van der Waals surface area contributed by atoms with Gasteiger partial charge >= 0.3 is 5.97 Å². The van der Waals surface area contributed by atoms with Crippen LogP contribution in [0.25, 0.3) is 10.9 Å². The highest BCUT2D eigenvalue weighted by Gasteiger charge is 2.13. The summed E-state index contributed by atoms with van der Waals surface area (Å²) in [5.74, 6) is -1.77. The van der Waals surface area contributed by atoms with Crippen molar-refractivity contribution in [2.75, 3.05) is 5.32 Å². The first-order valence-electron chi connectivity index (χ1n) is 6.17. The molecular formula is C15H10FN3O2. The smallest absolute Gasteiger partial charge is 0.374 e. The first-order valence-corrected chi connectivity index (χ1v) is 6.17. The first kappa shape index (κ1) is 13.0. The number of anilines is 2. The van der Waals surface area contributed by atoms with E-state index in [1.54, 1.807) is 42.5 Å². The van der Waals surface area contributed by atoms with Gasteiger partial charge in [-0.2, -0.15) is 0 Å². The molecule has 0 saturated heterocycles. The Labute approximate surface area is 119 Å². The highest BCUT2D eigenvalue weighted by Crippen LogP contribution is 2.25. The Morgan fingerprint density at radius 3 is 2.52 bits per heavy atom. The molecule has 6 heteroatoms. The number of nitrogens with one attached hydrogen (secondary N) is 1. The summed E-state index contributed by atoms with van der Waals surface area (Å²) in [7, 11) is 0. The summed E-state index contributed by atoms with van der Waals surface area (Å²) in [6.07, 6.45) is 0. The number of hydrogen-bond donors (Lipinski definition) is 2. The van der Waals surface area contributed by atoms with E-state index >= 15 is 0 Å². The van der Waals surface area contributed by atoms with E-state index in [1.165, 1.54) is 6.07 Å². The van der Waals surface area contributed by atoms with E-state index in [1.807, 2.05) is 0 Å². The number of carboxylic acids is 1. The molecule has 0 saturated carbocycles. The van der Waals surface area contributed by atoms with Crippen molar-refractivity contribution in [1.82, 2.24) is 9.97 Å². The minimum atomic E-state index is -1.24. The van der Waals surface area contributed by atoms with Crippen molar-refractivity contribution >= 4 is 28.4 Å². The van der Waals surface area contributed by atoms with E-state index in [4.69, 9.17) is 5.11 Å². The van der Waals surface area contributed by atoms with Gasteiger partial charge in [0.1, 0.15) is 11.6 Å². The number of rotatable bonds is 3. The largest absolute Gasteiger partial charge is 0.475 e. The standard InChI is InChI=1S/C15H10FN3O2/c16-10-6-2-4-8-12(10)18-13-9-5-1-3-7-11(9)17-14(19-13)15(20)21/h1-8H,(H,20,21)(H,17,18,19). The number of hydrogen-bond acceptors (Lipinski definition) is 4. The molecule has 5 nitrogen and oxygen atoms in total. The van der Waals surface area contributed by atoms with Crippen LogP contribution in [0.1, 0.15) is 10.6 Å². The Kier molecular flexibility index (Phi) is 3.19. The van der Waals surface area contributed by atoms with Crippen LogP contribution in [0.4, 0.5) is 15.9 Å². The topological polar surface area (TPSA) is 75.1 Å². The highest BCUT2D eigenvalue weighted by molar-refractivity contribution is 5.94. The zero-order valence-electron chi connectivity index (χ0n) is 10.7. The summed E-state index contributed by atoms with van der Waals surface area (Å²) in [5, 5.41) is 12.5. The molecule has 0 fully saturated rings. The van der Waals surface area contributed by atoms with Gasteiger partial charge in [0.25, 0.3) is 0 Å². The lowest BCUT2D eigenvalue weighted by atomic mass is 10.2. The summed E-state index contributed by atoms with van der Waals surface area (Å²) in [6, 6.07) is 13.0. The lowest BCUT2D eigenvalue weighted by molar-refractivity contribution is 0.0684. The Hall–Kier alpha value is -3.02. The molecule has 0 radical (unpaired) electrons. The number of para-hydroxylation sites is 2. The maximum absolute atomic E-state index is 13.7. The van der Waals surface area contributed by atoms with Gasteiger partial charge in [-0.05, 0) is 24.3 Å². The second-order valence-electron chi connectivity index (χ2n) is 4.32. The third-order valence-electron chi connectivity index (χ3n) is 2.92. The number of aromatic carboxylic acids is 1. The van der Waals surface area contributed by atoms with E-state index in [0.29, 0.717) is 10.9 Å². The summed E-state index contributed by atoms with van der Waals surface area (Å²) in [4.78, 5) is 19.0. The number of fused-ring (bicyclic) bond motifs is 1. The van der Waals surface area contributed by atoms with Gasteiger partial charge in [0, 0.05) is 5.39 Å². The molecular weight excluding hydrogens is 273 g/mol. The molecule has 0 bridgehead atoms. The van der Waals surface area contributed by atoms with Gasteiger partial charge in [0.05, 0.1) is 11.2 Å². The molecule has 1 heterocycles. The second kappa shape index (κ2) is 5.16. The fourth-order valence-corrected chi connectivity index (χ4v) is 1.96. The van der Waals surface area contributed by atoms with E-state index in [2.05, 4.69) is 15.3 Å². The van der Waals surface area contributed by atoms with E-state index in [-0.39, 0.29) is 17.3 Å². The van der Waals surface area contributed by atoms with Crippen molar-refractivity contribution in [2.24, 2.45) is 0 Å². The third kappa shape index (κ3) is 2.51. The van der Waals surface area contributed by atoms with Gasteiger partial charge in [-0.15, -0.1) is 0 Å². The van der Waals surface area contributed by atoms with Crippen LogP contribution in [0.5, 0.6) is 0 Å². The molecule has 0 spiro atoms. The molecule has 0 amide bonds. The summed E-state index contributed by atoms with van der Waals surface area (Å²) in [6.45, 7) is 0. The number of aromatic nitrogens is 2. The number of halogens is 1. The molecule has 0 aliphatic carbocycles. The predicted molar refractivity (Wildman–Crippen MR) is 76.2 cm³/mol. The lowest BCUT2D eigenvalue weighted by Crippen LogP contribution is -2.07. The van der Waals surface area contributed by atoms with E-state index < -0.39 is 11.8 Å². The molecule has 0 aliphatic rings. The molecule has 0 unspecified atom stereocenters. The van der Waals surface area contributed by atoms with Gasteiger partial charge in [-0.25, -0.2) is 19.2 Å². The van der Waals surface area contributed by atoms with Crippen molar-refractivity contribution in [3.8, 4) is 0 Å². The Bertz CT molecular complexity index is 836. The monoisotopic (exact) mass is 283 g/mol. The average molecular weight is 283 g/mol. The van der Waals surface area contributed by atoms with Crippen LogP contribution in [0, 0.1) is 5.82 Å². The second-order valence-corrected chi connectivity index (χ2v) is 4.32. The van der Waals surface area contributed by atoms with Crippen LogP contribution < -0.4 is 5.32 Å². The van der Waals surface area contributed by atoms with Crippen molar-refractivity contribution in [3.63, 3.8) is 0 Å². The van der Waals surface area contributed by atoms with Crippen LogP contribution in [0.15, 0.2) is 48.5 Å². The quantitative estimate of drug-likeness (QED) is 0.772. The van der Waals surface area contributed by atoms with Gasteiger partial charge < -0.3 is 10.4 Å². The molecule has 0 aliphatic heterocycles. The van der Waals surface area contributed by atoms with E-state index in [9.17, 15) is 9.18 Å². The van der Waals surface area contributed by atoms with E-state index in [0.717, 1.165) is 0 Å². The maximum Gasteiger partial charge on any atom is 0.374 e. The third-order valence-corrected chi connectivity index (χ3v) is 2.92. The number of carbonyl (C=O) groups is 1. The van der Waals surface area contributed by atoms with Crippen LogP contribution >= 0.6 is 0 Å². The Morgan fingerprint density at radius 1 is 1.05 bits per heavy atom. The molecule has 104 valence electrons. The van der Waals surface area contributed by atoms with Crippen molar-refractivity contribution in [3.05, 3.63) is 60.2 Å². The van der Waals surface area contributed by atoms with Crippen molar-refractivity contribution in [1.29, 1.82) is 0 Å². The Morgan fingerprint density at radius 2 is 1.76 bits per heavy atom. The zero-order valence-corrected chi connectivity index (χ0v) is 10.7. The van der Waals surface area contributed by atoms with Gasteiger partial charge in [-0.1, -0.05) is 24.3 Å². The molecule has 1 aromatic heterocycles. The van der Waals surface area contributed by atoms with Gasteiger partial charge in [-0.3, -0.25) is 0 Å². The zero-order chi connectivity index (χ0) is 14.8. The maximum atomic E-state index is 13.7. The minimum absolute atomic E-state index is 0.220. The number of benzene rings is 2. The SMILES string of the molecule is O=C(O)c1nc(Nc2ccccc2F)c2ccccc2n1. The van der Waals surface area contributed by atoms with Crippen molar-refractivity contribution < 1.29 is 14.3 Å². The summed E-state index contributed by atoms with van der Waals surface area (Å²) < 4.78 is 13.7. The fourth-order valence-electron chi connectivity index (χ4n) is 1.96. The summed E-state index contributed by atoms with van der Waals surface area (Å²) >= 11 is 0. The van der Waals surface area contributed by atoms with Crippen LogP contribution in [0.3, 0.4) is 0 Å². The Balaban J connectivity index is 2.16. The molecule has 3 aromatic rings. The molecule has 3 rings (SSSR count). The minimum Gasteiger partial charge on any atom is -0.475 e. The summed E-state index contributed by atoms with van der Waals surface area (Å²) in [5.41, 5.74) is 0.696. The van der Waals surface area contributed by atoms with Crippen molar-refractivity contribution in [2.45, 2.75) is 0 Å². The lowest BCUT2D eigenvalue weighted by Gasteiger charge is -2.10. The number of nitrogens with zero attached hydrogens (tertiary/aromatic N) is 2. The van der Waals surface area contributed by atoms with Crippen LogP contribution in [-0.2, 0) is 0 Å². The fraction of sp³-hybridized carbons (Fsp3) is 0. The first-order chi connectivity index (χ1) is 10.1. The number of carboxylic acid groups (broad SMARTS) is 1. The molecule has 2 aromatic carbocycles. The molecule has 0 atom stereocenters. The molecule has 2 N–H and O–H groups in total. The normalized spacial score (nSPS) is 10.5. The van der Waals surface area contributed by atoms with Gasteiger partial charge in [0.2, 0.25) is 5.82 Å². The average Bonchev–Trinajstić information content (AvgIpc) is 2.49. The molecule has 21 heavy (non-hydrogen) atoms. The van der Waals surface area contributed by atoms with Crippen LogP contribution in [-0.4, -0.2) is 21.0 Å². The van der Waals surface area contributed by atoms with Gasteiger partial charge in [0.15, 0.2) is 0 Å². The van der Waals surface area contributed by atoms with Crippen LogP contribution in [0.2, 0.25) is 0 Å². The predicted octanol–water partition coefficient (Wildman–Crippen LogP) is 3.21.